The minimum absolute atomic E-state index is 0.0217. The lowest BCUT2D eigenvalue weighted by molar-refractivity contribution is -0.120. The van der Waals surface area contributed by atoms with Gasteiger partial charge in [0, 0.05) is 6.54 Å². The summed E-state index contributed by atoms with van der Waals surface area (Å²) in [4.78, 5) is 11.7. The van der Waals surface area contributed by atoms with Gasteiger partial charge in [-0.2, -0.15) is 0 Å². The van der Waals surface area contributed by atoms with Gasteiger partial charge in [0.2, 0.25) is 5.91 Å². The highest BCUT2D eigenvalue weighted by molar-refractivity contribution is 5.77. The molecule has 0 fully saturated rings. The van der Waals surface area contributed by atoms with Gasteiger partial charge in [-0.15, -0.1) is 0 Å². The first-order chi connectivity index (χ1) is 11.3. The van der Waals surface area contributed by atoms with Crippen LogP contribution in [0.3, 0.4) is 0 Å². The maximum Gasteiger partial charge on any atom is 0.233 e. The number of hydrogen-bond donors (Lipinski definition) is 2. The summed E-state index contributed by atoms with van der Waals surface area (Å²) in [7, 11) is 0. The molecule has 0 heterocycles. The van der Waals surface area contributed by atoms with E-state index in [1.165, 1.54) is 11.6 Å². The van der Waals surface area contributed by atoms with Crippen LogP contribution < -0.4 is 10.6 Å². The number of carbonyl (C=O) groups excluding carboxylic acids is 1. The molecule has 0 aliphatic rings. The number of halogens is 1. The summed E-state index contributed by atoms with van der Waals surface area (Å²) < 4.78 is 13.4. The number of benzene rings is 2. The standard InChI is InChI=1S/C19H23FN2O/c20-18-11-5-4-10-17(18)12-14-21-15-19(23)22-13-6-9-16-7-2-1-3-8-16/h1-5,7-8,10-11,21H,6,9,12-15H2,(H,22,23). The molecule has 2 N–H and O–H groups in total. The second kappa shape index (κ2) is 9.74. The third-order valence-electron chi connectivity index (χ3n) is 3.62. The van der Waals surface area contributed by atoms with E-state index in [1.807, 2.05) is 24.3 Å². The molecule has 0 radical (unpaired) electrons. The maximum absolute atomic E-state index is 13.4. The average Bonchev–Trinajstić information content (AvgIpc) is 2.58. The van der Waals surface area contributed by atoms with E-state index in [4.69, 9.17) is 0 Å². The minimum Gasteiger partial charge on any atom is -0.355 e. The molecule has 0 atom stereocenters. The Hall–Kier alpha value is -2.20. The van der Waals surface area contributed by atoms with Gasteiger partial charge in [0.1, 0.15) is 5.82 Å². The summed E-state index contributed by atoms with van der Waals surface area (Å²) in [6, 6.07) is 16.9. The van der Waals surface area contributed by atoms with Crippen LogP contribution in [0.5, 0.6) is 0 Å². The van der Waals surface area contributed by atoms with Gasteiger partial charge < -0.3 is 10.6 Å². The van der Waals surface area contributed by atoms with Crippen molar-refractivity contribution in [2.45, 2.75) is 19.3 Å². The lowest BCUT2D eigenvalue weighted by atomic mass is 10.1. The number of hydrogen-bond acceptors (Lipinski definition) is 2. The van der Waals surface area contributed by atoms with Gasteiger partial charge in [-0.1, -0.05) is 48.5 Å². The first-order valence-electron chi connectivity index (χ1n) is 8.00. The van der Waals surface area contributed by atoms with Gasteiger partial charge >= 0.3 is 0 Å². The fourth-order valence-corrected chi connectivity index (χ4v) is 2.35. The van der Waals surface area contributed by atoms with E-state index in [-0.39, 0.29) is 18.3 Å². The molecule has 2 rings (SSSR count). The fraction of sp³-hybridized carbons (Fsp3) is 0.316. The number of nitrogens with one attached hydrogen (secondary N) is 2. The molecule has 0 saturated heterocycles. The van der Waals surface area contributed by atoms with Crippen molar-refractivity contribution < 1.29 is 9.18 Å². The van der Waals surface area contributed by atoms with Gasteiger partial charge in [0.05, 0.1) is 6.54 Å². The van der Waals surface area contributed by atoms with Crippen molar-refractivity contribution in [1.82, 2.24) is 10.6 Å². The quantitative estimate of drug-likeness (QED) is 0.699. The summed E-state index contributed by atoms with van der Waals surface area (Å²) in [5.41, 5.74) is 1.95. The number of amides is 1. The average molecular weight is 314 g/mol. The van der Waals surface area contributed by atoms with E-state index in [1.54, 1.807) is 12.1 Å². The summed E-state index contributed by atoms with van der Waals surface area (Å²) in [5, 5.41) is 5.93. The van der Waals surface area contributed by atoms with Crippen LogP contribution in [0.25, 0.3) is 0 Å². The van der Waals surface area contributed by atoms with Crippen molar-refractivity contribution in [3.8, 4) is 0 Å². The van der Waals surface area contributed by atoms with Crippen LogP contribution in [0.2, 0.25) is 0 Å². The molecule has 122 valence electrons. The van der Waals surface area contributed by atoms with E-state index >= 15 is 0 Å². The second-order valence-corrected chi connectivity index (χ2v) is 5.46. The van der Waals surface area contributed by atoms with Gasteiger partial charge in [-0.3, -0.25) is 4.79 Å². The summed E-state index contributed by atoms with van der Waals surface area (Å²) in [5.74, 6) is -0.216. The molecular formula is C19H23FN2O. The van der Waals surface area contributed by atoms with E-state index in [9.17, 15) is 9.18 Å². The molecule has 0 saturated carbocycles. The van der Waals surface area contributed by atoms with Crippen LogP contribution >= 0.6 is 0 Å². The Morgan fingerprint density at radius 3 is 2.43 bits per heavy atom. The van der Waals surface area contributed by atoms with Gasteiger partial charge in [0.15, 0.2) is 0 Å². The van der Waals surface area contributed by atoms with E-state index in [0.29, 0.717) is 25.1 Å². The number of aryl methyl sites for hydroxylation is 1. The molecule has 0 aromatic heterocycles. The van der Waals surface area contributed by atoms with Crippen LogP contribution in [0, 0.1) is 5.82 Å². The highest BCUT2D eigenvalue weighted by Crippen LogP contribution is 2.06. The largest absolute Gasteiger partial charge is 0.355 e. The predicted molar refractivity (Wildman–Crippen MR) is 90.7 cm³/mol. The smallest absolute Gasteiger partial charge is 0.233 e. The molecule has 1 amide bonds. The third-order valence-corrected chi connectivity index (χ3v) is 3.62. The van der Waals surface area contributed by atoms with Crippen LogP contribution in [0.1, 0.15) is 17.5 Å². The van der Waals surface area contributed by atoms with E-state index in [0.717, 1.165) is 12.8 Å². The van der Waals surface area contributed by atoms with Crippen LogP contribution in [-0.4, -0.2) is 25.5 Å². The highest BCUT2D eigenvalue weighted by Gasteiger charge is 2.02. The van der Waals surface area contributed by atoms with E-state index in [2.05, 4.69) is 22.8 Å². The normalized spacial score (nSPS) is 10.5. The Kier molecular flexibility index (Phi) is 7.27. The minimum atomic E-state index is -0.195. The van der Waals surface area contributed by atoms with Crippen molar-refractivity contribution in [1.29, 1.82) is 0 Å². The zero-order valence-corrected chi connectivity index (χ0v) is 13.2. The summed E-state index contributed by atoms with van der Waals surface area (Å²) in [6.07, 6.45) is 2.46. The number of rotatable bonds is 9. The Morgan fingerprint density at radius 1 is 0.913 bits per heavy atom. The Bertz CT molecular complexity index is 601. The SMILES string of the molecule is O=C(CNCCc1ccccc1F)NCCCc1ccccc1. The summed E-state index contributed by atoms with van der Waals surface area (Å²) in [6.45, 7) is 1.51. The van der Waals surface area contributed by atoms with Crippen molar-refractivity contribution >= 4 is 5.91 Å². The topological polar surface area (TPSA) is 41.1 Å². The zero-order chi connectivity index (χ0) is 16.3. The highest BCUT2D eigenvalue weighted by atomic mass is 19.1. The van der Waals surface area contributed by atoms with Crippen molar-refractivity contribution in [2.24, 2.45) is 0 Å². The number of carbonyl (C=O) groups is 1. The van der Waals surface area contributed by atoms with Crippen molar-refractivity contribution in [3.05, 3.63) is 71.5 Å². The third kappa shape index (κ3) is 6.61. The van der Waals surface area contributed by atoms with E-state index < -0.39 is 0 Å². The molecule has 3 nitrogen and oxygen atoms in total. The molecular weight excluding hydrogens is 291 g/mol. The molecule has 2 aromatic rings. The Morgan fingerprint density at radius 2 is 1.65 bits per heavy atom. The molecule has 0 bridgehead atoms. The lowest BCUT2D eigenvalue weighted by Crippen LogP contribution is -2.35. The van der Waals surface area contributed by atoms with Crippen molar-refractivity contribution in [2.75, 3.05) is 19.6 Å². The van der Waals surface area contributed by atoms with Crippen LogP contribution in [-0.2, 0) is 17.6 Å². The molecule has 0 aliphatic carbocycles. The first kappa shape index (κ1) is 17.2. The van der Waals surface area contributed by atoms with Crippen LogP contribution in [0.4, 0.5) is 4.39 Å². The second-order valence-electron chi connectivity index (χ2n) is 5.46. The molecule has 23 heavy (non-hydrogen) atoms. The predicted octanol–water partition coefficient (Wildman–Crippen LogP) is 2.71. The van der Waals surface area contributed by atoms with Gasteiger partial charge in [-0.05, 0) is 43.0 Å². The monoisotopic (exact) mass is 314 g/mol. The first-order valence-corrected chi connectivity index (χ1v) is 8.00. The van der Waals surface area contributed by atoms with Gasteiger partial charge in [-0.25, -0.2) is 4.39 Å². The maximum atomic E-state index is 13.4. The van der Waals surface area contributed by atoms with Gasteiger partial charge in [0.25, 0.3) is 0 Å². The molecule has 0 aliphatic heterocycles. The molecule has 0 spiro atoms. The van der Waals surface area contributed by atoms with Crippen LogP contribution in [0.15, 0.2) is 54.6 Å². The zero-order valence-electron chi connectivity index (χ0n) is 13.2. The molecule has 2 aromatic carbocycles. The van der Waals surface area contributed by atoms with Crippen molar-refractivity contribution in [3.63, 3.8) is 0 Å². The molecule has 4 heteroatoms. The summed E-state index contributed by atoms with van der Waals surface area (Å²) >= 11 is 0. The Balaban J connectivity index is 1.53. The lowest BCUT2D eigenvalue weighted by Gasteiger charge is -2.07. The molecule has 0 unspecified atom stereocenters. The fourth-order valence-electron chi connectivity index (χ4n) is 2.35. The Labute approximate surface area is 136 Å².